The van der Waals surface area contributed by atoms with Crippen LogP contribution >= 0.6 is 11.6 Å². The van der Waals surface area contributed by atoms with Crippen LogP contribution in [0.5, 0.6) is 0 Å². The summed E-state index contributed by atoms with van der Waals surface area (Å²) in [6.45, 7) is 1.45. The Labute approximate surface area is 170 Å². The van der Waals surface area contributed by atoms with Gasteiger partial charge in [-0.05, 0) is 56.7 Å². The minimum absolute atomic E-state index is 0.0620. The van der Waals surface area contributed by atoms with Crippen molar-refractivity contribution in [1.82, 2.24) is 10.2 Å². The minimum atomic E-state index is -0.691. The van der Waals surface area contributed by atoms with E-state index >= 15 is 0 Å². The number of carbonyl (C=O) groups excluding carboxylic acids is 2. The Morgan fingerprint density at radius 2 is 2.04 bits per heavy atom. The van der Waals surface area contributed by atoms with Crippen LogP contribution in [-0.4, -0.2) is 54.3 Å². The van der Waals surface area contributed by atoms with Gasteiger partial charge in [0, 0.05) is 23.7 Å². The van der Waals surface area contributed by atoms with Crippen LogP contribution in [0.15, 0.2) is 24.3 Å². The molecule has 0 unspecified atom stereocenters. The standard InChI is InChI=1S/C21H27ClN2O4/c22-16-7-4-6-15(12-16)20(26)24-18(14-28-21(24)9-2-1-3-10-21)19(25)23-13-17-8-5-11-27-17/h4,6-7,12,17-18H,1-3,5,8-11,13-14H2,(H,23,25)/t17-,18-/m1/s1. The van der Waals surface area contributed by atoms with Crippen molar-refractivity contribution in [3.63, 3.8) is 0 Å². The largest absolute Gasteiger partial charge is 0.376 e. The van der Waals surface area contributed by atoms with Crippen molar-refractivity contribution in [3.05, 3.63) is 34.9 Å². The maximum Gasteiger partial charge on any atom is 0.256 e. The van der Waals surface area contributed by atoms with Crippen molar-refractivity contribution in [1.29, 1.82) is 0 Å². The van der Waals surface area contributed by atoms with Gasteiger partial charge in [0.15, 0.2) is 0 Å². The summed E-state index contributed by atoms with van der Waals surface area (Å²) in [4.78, 5) is 28.1. The number of nitrogens with one attached hydrogen (secondary N) is 1. The van der Waals surface area contributed by atoms with Crippen molar-refractivity contribution in [2.45, 2.75) is 62.8 Å². The highest BCUT2D eigenvalue weighted by molar-refractivity contribution is 6.31. The Hall–Kier alpha value is -1.63. The third-order valence-electron chi connectivity index (χ3n) is 6.02. The first-order chi connectivity index (χ1) is 13.6. The van der Waals surface area contributed by atoms with Crippen LogP contribution in [0.1, 0.15) is 55.3 Å². The van der Waals surface area contributed by atoms with Crippen molar-refractivity contribution < 1.29 is 19.1 Å². The van der Waals surface area contributed by atoms with Gasteiger partial charge in [-0.25, -0.2) is 0 Å². The second-order valence-electron chi connectivity index (χ2n) is 7.90. The molecule has 152 valence electrons. The fraction of sp³-hybridized carbons (Fsp3) is 0.619. The van der Waals surface area contributed by atoms with Crippen molar-refractivity contribution >= 4 is 23.4 Å². The summed E-state index contributed by atoms with van der Waals surface area (Å²) in [5, 5.41) is 3.48. The maximum absolute atomic E-state index is 13.4. The molecular weight excluding hydrogens is 380 g/mol. The molecule has 2 amide bonds. The van der Waals surface area contributed by atoms with Crippen molar-refractivity contribution in [3.8, 4) is 0 Å². The molecule has 1 aromatic carbocycles. The van der Waals surface area contributed by atoms with Gasteiger partial charge in [-0.2, -0.15) is 0 Å². The summed E-state index contributed by atoms with van der Waals surface area (Å²) in [5.41, 5.74) is -0.205. The molecule has 1 N–H and O–H groups in total. The molecule has 1 spiro atoms. The van der Waals surface area contributed by atoms with E-state index in [0.29, 0.717) is 17.1 Å². The Balaban J connectivity index is 1.55. The highest BCUT2D eigenvalue weighted by Crippen LogP contribution is 2.41. The van der Waals surface area contributed by atoms with Gasteiger partial charge in [0.1, 0.15) is 11.8 Å². The number of nitrogens with zero attached hydrogens (tertiary/aromatic N) is 1. The Bertz CT molecular complexity index is 729. The van der Waals surface area contributed by atoms with Gasteiger partial charge in [0.2, 0.25) is 5.91 Å². The van der Waals surface area contributed by atoms with E-state index in [-0.39, 0.29) is 24.5 Å². The van der Waals surface area contributed by atoms with Gasteiger partial charge in [-0.3, -0.25) is 14.5 Å². The second-order valence-corrected chi connectivity index (χ2v) is 8.34. The smallest absolute Gasteiger partial charge is 0.256 e. The van der Waals surface area contributed by atoms with Gasteiger partial charge in [0.05, 0.1) is 12.7 Å². The number of halogens is 1. The molecule has 2 saturated heterocycles. The molecule has 2 atom stereocenters. The van der Waals surface area contributed by atoms with E-state index in [2.05, 4.69) is 5.32 Å². The first-order valence-corrected chi connectivity index (χ1v) is 10.6. The lowest BCUT2D eigenvalue weighted by Crippen LogP contribution is -2.56. The normalized spacial score (nSPS) is 26.5. The monoisotopic (exact) mass is 406 g/mol. The first-order valence-electron chi connectivity index (χ1n) is 10.2. The van der Waals surface area contributed by atoms with Crippen LogP contribution in [0.4, 0.5) is 0 Å². The van der Waals surface area contributed by atoms with Gasteiger partial charge < -0.3 is 14.8 Å². The average molecular weight is 407 g/mol. The molecule has 1 saturated carbocycles. The molecule has 3 fully saturated rings. The predicted molar refractivity (Wildman–Crippen MR) is 105 cm³/mol. The Morgan fingerprint density at radius 3 is 2.75 bits per heavy atom. The van der Waals surface area contributed by atoms with E-state index in [4.69, 9.17) is 21.1 Å². The van der Waals surface area contributed by atoms with E-state index in [1.807, 2.05) is 0 Å². The lowest BCUT2D eigenvalue weighted by atomic mass is 9.89. The predicted octanol–water partition coefficient (Wildman–Crippen LogP) is 3.14. The summed E-state index contributed by atoms with van der Waals surface area (Å²) in [6.07, 6.45) is 6.66. The van der Waals surface area contributed by atoms with E-state index in [0.717, 1.165) is 51.6 Å². The van der Waals surface area contributed by atoms with Crippen molar-refractivity contribution in [2.24, 2.45) is 0 Å². The third-order valence-corrected chi connectivity index (χ3v) is 6.25. The topological polar surface area (TPSA) is 67.9 Å². The maximum atomic E-state index is 13.4. The fourth-order valence-electron chi connectivity index (χ4n) is 4.57. The van der Waals surface area contributed by atoms with E-state index in [1.54, 1.807) is 29.2 Å². The van der Waals surface area contributed by atoms with Crippen LogP contribution in [0.25, 0.3) is 0 Å². The number of amides is 2. The van der Waals surface area contributed by atoms with Crippen LogP contribution in [0, 0.1) is 0 Å². The molecule has 7 heteroatoms. The zero-order chi connectivity index (χ0) is 19.6. The highest BCUT2D eigenvalue weighted by atomic mass is 35.5. The van der Waals surface area contributed by atoms with Crippen LogP contribution < -0.4 is 5.32 Å². The van der Waals surface area contributed by atoms with E-state index in [9.17, 15) is 9.59 Å². The zero-order valence-electron chi connectivity index (χ0n) is 16.0. The lowest BCUT2D eigenvalue weighted by Gasteiger charge is -2.41. The number of carbonyl (C=O) groups is 2. The number of ether oxygens (including phenoxy) is 2. The van der Waals surface area contributed by atoms with Crippen LogP contribution in [0.3, 0.4) is 0 Å². The number of rotatable bonds is 4. The number of benzene rings is 1. The van der Waals surface area contributed by atoms with Crippen LogP contribution in [-0.2, 0) is 14.3 Å². The Kier molecular flexibility index (Phi) is 5.90. The van der Waals surface area contributed by atoms with E-state index < -0.39 is 11.8 Å². The fourth-order valence-corrected chi connectivity index (χ4v) is 4.76. The van der Waals surface area contributed by atoms with Crippen molar-refractivity contribution in [2.75, 3.05) is 19.8 Å². The van der Waals surface area contributed by atoms with E-state index in [1.165, 1.54) is 0 Å². The SMILES string of the molecule is O=C(NC[C@H]1CCCO1)[C@H]1COC2(CCCCC2)N1C(=O)c1cccc(Cl)c1. The summed E-state index contributed by atoms with van der Waals surface area (Å²) in [6, 6.07) is 6.25. The molecule has 2 aliphatic heterocycles. The average Bonchev–Trinajstić information content (AvgIpc) is 3.35. The molecule has 6 nitrogen and oxygen atoms in total. The molecule has 3 aliphatic rings. The molecule has 1 aliphatic carbocycles. The summed E-state index contributed by atoms with van der Waals surface area (Å²) in [7, 11) is 0. The quantitative estimate of drug-likeness (QED) is 0.834. The summed E-state index contributed by atoms with van der Waals surface area (Å²) >= 11 is 6.10. The summed E-state index contributed by atoms with van der Waals surface area (Å²) in [5.74, 6) is -0.368. The molecule has 0 bridgehead atoms. The molecule has 4 rings (SSSR count). The van der Waals surface area contributed by atoms with Crippen LogP contribution in [0.2, 0.25) is 5.02 Å². The molecule has 0 aromatic heterocycles. The lowest BCUT2D eigenvalue weighted by molar-refractivity contribution is -0.127. The molecular formula is C21H27ClN2O4. The molecule has 0 radical (unpaired) electrons. The first kappa shape index (κ1) is 19.7. The molecule has 28 heavy (non-hydrogen) atoms. The Morgan fingerprint density at radius 1 is 1.21 bits per heavy atom. The summed E-state index contributed by atoms with van der Waals surface area (Å²) < 4.78 is 11.7. The highest BCUT2D eigenvalue weighted by Gasteiger charge is 2.53. The molecule has 2 heterocycles. The van der Waals surface area contributed by atoms with Gasteiger partial charge >= 0.3 is 0 Å². The zero-order valence-corrected chi connectivity index (χ0v) is 16.7. The van der Waals surface area contributed by atoms with Gasteiger partial charge in [0.25, 0.3) is 5.91 Å². The number of hydrogen-bond acceptors (Lipinski definition) is 4. The minimum Gasteiger partial charge on any atom is -0.376 e. The third kappa shape index (κ3) is 3.91. The van der Waals surface area contributed by atoms with Gasteiger partial charge in [-0.15, -0.1) is 0 Å². The second kappa shape index (κ2) is 8.39. The van der Waals surface area contributed by atoms with Gasteiger partial charge in [-0.1, -0.05) is 24.1 Å². The molecule has 1 aromatic rings. The number of hydrogen-bond donors (Lipinski definition) is 1.